The van der Waals surface area contributed by atoms with Crippen LogP contribution in [0.1, 0.15) is 91.7 Å². The second-order valence-corrected chi connectivity index (χ2v) is 12.1. The summed E-state index contributed by atoms with van der Waals surface area (Å²) in [4.78, 5) is 14.0. The van der Waals surface area contributed by atoms with Gasteiger partial charge in [0.2, 0.25) is 0 Å². The van der Waals surface area contributed by atoms with Crippen LogP contribution in [0.15, 0.2) is 60.7 Å². The van der Waals surface area contributed by atoms with Crippen LogP contribution in [0.3, 0.4) is 0 Å². The van der Waals surface area contributed by atoms with Crippen LogP contribution in [-0.2, 0) is 17.3 Å². The van der Waals surface area contributed by atoms with E-state index in [2.05, 4.69) is 50.9 Å². The standard InChI is InChI=1S/C35H41FN2O2/c1-7-38(6)33(40)26-13-8-24(9-14-26)12-17-31(39)27-22-29-32(35(4,5)20-19-34(29,2)3)30(23-27)37-21-18-25-10-15-28(36)16-11-25/h8-11,13-16,22-23,31,37,39H,7,18-21H2,1-6H3. The van der Waals surface area contributed by atoms with Gasteiger partial charge in [0.25, 0.3) is 5.91 Å². The second-order valence-electron chi connectivity index (χ2n) is 12.1. The minimum atomic E-state index is -0.962. The Morgan fingerprint density at radius 1 is 1.02 bits per heavy atom. The maximum Gasteiger partial charge on any atom is 0.253 e. The number of benzene rings is 3. The number of hydrogen-bond donors (Lipinski definition) is 2. The number of aliphatic hydroxyl groups excluding tert-OH is 1. The van der Waals surface area contributed by atoms with Gasteiger partial charge in [0.15, 0.2) is 0 Å². The van der Waals surface area contributed by atoms with Crippen molar-refractivity contribution in [3.63, 3.8) is 0 Å². The predicted octanol–water partition coefficient (Wildman–Crippen LogP) is 7.01. The van der Waals surface area contributed by atoms with Crippen LogP contribution in [0.5, 0.6) is 0 Å². The lowest BCUT2D eigenvalue weighted by atomic mass is 9.62. The van der Waals surface area contributed by atoms with E-state index in [4.69, 9.17) is 0 Å². The van der Waals surface area contributed by atoms with Gasteiger partial charge in [-0.3, -0.25) is 4.79 Å². The first kappa shape index (κ1) is 29.4. The van der Waals surface area contributed by atoms with Crippen molar-refractivity contribution in [2.75, 3.05) is 25.5 Å². The third-order valence-electron chi connectivity index (χ3n) is 8.21. The van der Waals surface area contributed by atoms with Gasteiger partial charge in [0, 0.05) is 37.0 Å². The summed E-state index contributed by atoms with van der Waals surface area (Å²) in [5.41, 5.74) is 6.71. The Morgan fingerprint density at radius 2 is 1.68 bits per heavy atom. The molecule has 5 heteroatoms. The summed E-state index contributed by atoms with van der Waals surface area (Å²) in [6.07, 6.45) is 1.94. The van der Waals surface area contributed by atoms with Gasteiger partial charge in [-0.15, -0.1) is 0 Å². The van der Waals surface area contributed by atoms with Crippen molar-refractivity contribution in [1.82, 2.24) is 4.90 Å². The molecule has 0 saturated carbocycles. The number of aliphatic hydroxyl groups is 1. The van der Waals surface area contributed by atoms with Crippen LogP contribution < -0.4 is 5.32 Å². The Morgan fingerprint density at radius 3 is 2.33 bits per heavy atom. The maximum atomic E-state index is 13.3. The fourth-order valence-corrected chi connectivity index (χ4v) is 5.40. The van der Waals surface area contributed by atoms with Crippen molar-refractivity contribution in [3.05, 3.63) is 99.9 Å². The van der Waals surface area contributed by atoms with Crippen LogP contribution in [-0.4, -0.2) is 36.1 Å². The number of anilines is 1. The SMILES string of the molecule is CCN(C)C(=O)c1ccc(C#CC(O)c2cc(NCCc3ccc(F)cc3)c3c(c2)C(C)(C)CCC3(C)C)cc1. The lowest BCUT2D eigenvalue weighted by Gasteiger charge is -2.43. The zero-order valence-electron chi connectivity index (χ0n) is 24.6. The van der Waals surface area contributed by atoms with Gasteiger partial charge in [0.05, 0.1) is 0 Å². The van der Waals surface area contributed by atoms with Gasteiger partial charge in [-0.25, -0.2) is 4.39 Å². The molecule has 40 heavy (non-hydrogen) atoms. The first-order valence-corrected chi connectivity index (χ1v) is 14.1. The van der Waals surface area contributed by atoms with Crippen molar-refractivity contribution in [2.24, 2.45) is 0 Å². The molecule has 0 aromatic heterocycles. The average Bonchev–Trinajstić information content (AvgIpc) is 2.94. The Hall–Kier alpha value is -3.62. The van der Waals surface area contributed by atoms with E-state index in [-0.39, 0.29) is 22.6 Å². The second kappa shape index (κ2) is 11.9. The van der Waals surface area contributed by atoms with Crippen LogP contribution in [0.25, 0.3) is 0 Å². The molecule has 0 bridgehead atoms. The summed E-state index contributed by atoms with van der Waals surface area (Å²) < 4.78 is 13.3. The molecule has 3 aromatic rings. The third kappa shape index (κ3) is 6.57. The van der Waals surface area contributed by atoms with Crippen molar-refractivity contribution in [3.8, 4) is 11.8 Å². The van der Waals surface area contributed by atoms with E-state index < -0.39 is 6.10 Å². The number of fused-ring (bicyclic) bond motifs is 1. The van der Waals surface area contributed by atoms with E-state index >= 15 is 0 Å². The molecule has 4 rings (SSSR count). The molecule has 0 heterocycles. The molecule has 4 nitrogen and oxygen atoms in total. The summed E-state index contributed by atoms with van der Waals surface area (Å²) in [7, 11) is 1.78. The fourth-order valence-electron chi connectivity index (χ4n) is 5.40. The van der Waals surface area contributed by atoms with E-state index in [1.54, 1.807) is 24.1 Å². The van der Waals surface area contributed by atoms with Gasteiger partial charge in [0.1, 0.15) is 11.9 Å². The zero-order chi connectivity index (χ0) is 29.1. The van der Waals surface area contributed by atoms with Crippen LogP contribution in [0, 0.1) is 17.7 Å². The number of rotatable bonds is 7. The number of nitrogens with zero attached hydrogens (tertiary/aromatic N) is 1. The minimum absolute atomic E-state index is 0.0107. The molecule has 3 aromatic carbocycles. The summed E-state index contributed by atoms with van der Waals surface area (Å²) in [5, 5.41) is 14.8. The topological polar surface area (TPSA) is 52.6 Å². The highest BCUT2D eigenvalue weighted by Crippen LogP contribution is 2.49. The van der Waals surface area contributed by atoms with Crippen LogP contribution in [0.4, 0.5) is 10.1 Å². The molecule has 1 aliphatic carbocycles. The number of nitrogens with one attached hydrogen (secondary N) is 1. The van der Waals surface area contributed by atoms with E-state index in [0.29, 0.717) is 18.7 Å². The predicted molar refractivity (Wildman–Crippen MR) is 161 cm³/mol. The summed E-state index contributed by atoms with van der Waals surface area (Å²) in [6.45, 7) is 12.4. The van der Waals surface area contributed by atoms with Gasteiger partial charge < -0.3 is 15.3 Å². The smallest absolute Gasteiger partial charge is 0.253 e. The molecule has 1 amide bonds. The molecule has 1 unspecified atom stereocenters. The van der Waals surface area contributed by atoms with Crippen molar-refractivity contribution in [2.45, 2.75) is 70.8 Å². The largest absolute Gasteiger partial charge is 0.384 e. The number of carbonyl (C=O) groups excluding carboxylic acids is 1. The molecule has 0 radical (unpaired) electrons. The lowest BCUT2D eigenvalue weighted by Crippen LogP contribution is -2.35. The highest BCUT2D eigenvalue weighted by Gasteiger charge is 2.39. The Bertz CT molecular complexity index is 1410. The van der Waals surface area contributed by atoms with E-state index in [1.807, 2.05) is 37.3 Å². The zero-order valence-corrected chi connectivity index (χ0v) is 24.6. The summed E-state index contributed by atoms with van der Waals surface area (Å²) >= 11 is 0. The number of carbonyl (C=O) groups is 1. The number of hydrogen-bond acceptors (Lipinski definition) is 3. The lowest BCUT2D eigenvalue weighted by molar-refractivity contribution is 0.0802. The first-order chi connectivity index (χ1) is 18.9. The van der Waals surface area contributed by atoms with E-state index in [0.717, 1.165) is 41.6 Å². The first-order valence-electron chi connectivity index (χ1n) is 14.1. The summed E-state index contributed by atoms with van der Waals surface area (Å²) in [6, 6.07) is 18.0. The molecule has 1 atom stereocenters. The number of halogens is 1. The molecule has 0 saturated heterocycles. The molecule has 0 spiro atoms. The van der Waals surface area contributed by atoms with Gasteiger partial charge in [-0.05, 0) is 102 Å². The van der Waals surface area contributed by atoms with E-state index in [9.17, 15) is 14.3 Å². The van der Waals surface area contributed by atoms with Crippen LogP contribution in [0.2, 0.25) is 0 Å². The fraction of sp³-hybridized carbons (Fsp3) is 0.400. The molecule has 2 N–H and O–H groups in total. The van der Waals surface area contributed by atoms with Gasteiger partial charge >= 0.3 is 0 Å². The molecule has 0 fully saturated rings. The highest BCUT2D eigenvalue weighted by atomic mass is 19.1. The Labute approximate surface area is 238 Å². The van der Waals surface area contributed by atoms with E-state index in [1.165, 1.54) is 23.3 Å². The Kier molecular flexibility index (Phi) is 8.71. The Balaban J connectivity index is 1.62. The number of amides is 1. The summed E-state index contributed by atoms with van der Waals surface area (Å²) in [5.74, 6) is 5.84. The maximum absolute atomic E-state index is 13.3. The quantitative estimate of drug-likeness (QED) is 0.317. The molecular formula is C35H41FN2O2. The molecule has 0 aliphatic heterocycles. The van der Waals surface area contributed by atoms with Crippen molar-refractivity contribution < 1.29 is 14.3 Å². The molecular weight excluding hydrogens is 499 g/mol. The van der Waals surface area contributed by atoms with Gasteiger partial charge in [-0.1, -0.05) is 57.7 Å². The third-order valence-corrected chi connectivity index (χ3v) is 8.21. The minimum Gasteiger partial charge on any atom is -0.384 e. The van der Waals surface area contributed by atoms with Crippen LogP contribution >= 0.6 is 0 Å². The molecule has 1 aliphatic rings. The normalized spacial score (nSPS) is 15.8. The highest BCUT2D eigenvalue weighted by molar-refractivity contribution is 5.94. The monoisotopic (exact) mass is 540 g/mol. The van der Waals surface area contributed by atoms with Gasteiger partial charge in [-0.2, -0.15) is 0 Å². The van der Waals surface area contributed by atoms with Crippen molar-refractivity contribution >= 4 is 11.6 Å². The van der Waals surface area contributed by atoms with Crippen molar-refractivity contribution in [1.29, 1.82) is 0 Å². The average molecular weight is 541 g/mol. The molecule has 210 valence electrons.